The highest BCUT2D eigenvalue weighted by Gasteiger charge is 2.39. The Bertz CT molecular complexity index is 1050. The van der Waals surface area contributed by atoms with Crippen LogP contribution in [0.15, 0.2) is 53.5 Å². The van der Waals surface area contributed by atoms with E-state index in [-0.39, 0.29) is 11.4 Å². The van der Waals surface area contributed by atoms with Crippen LogP contribution in [0.1, 0.15) is 25.0 Å². The Hall–Kier alpha value is -2.73. The summed E-state index contributed by atoms with van der Waals surface area (Å²) in [5.41, 5.74) is 2.78. The van der Waals surface area contributed by atoms with Gasteiger partial charge >= 0.3 is 0 Å². The molecular weight excluding hydrogens is 367 g/mol. The predicted molar refractivity (Wildman–Crippen MR) is 113 cm³/mol. The molecule has 2 unspecified atom stereocenters. The van der Waals surface area contributed by atoms with Gasteiger partial charge in [-0.25, -0.2) is 4.39 Å². The van der Waals surface area contributed by atoms with Gasteiger partial charge in [-0.1, -0.05) is 0 Å². The van der Waals surface area contributed by atoms with Gasteiger partial charge in [0.25, 0.3) is 5.56 Å². The maximum absolute atomic E-state index is 13.2. The normalized spacial score (nSPS) is 21.8. The monoisotopic (exact) mass is 392 g/mol. The van der Waals surface area contributed by atoms with Crippen molar-refractivity contribution in [2.45, 2.75) is 37.8 Å². The summed E-state index contributed by atoms with van der Waals surface area (Å²) in [6.45, 7) is 3.03. The highest BCUT2D eigenvalue weighted by molar-refractivity contribution is 5.77. The van der Waals surface area contributed by atoms with E-state index in [9.17, 15) is 9.18 Å². The second-order valence-corrected chi connectivity index (χ2v) is 8.17. The molecule has 0 aliphatic carbocycles. The number of fused-ring (bicyclic) bond motifs is 3. The lowest BCUT2D eigenvalue weighted by atomic mass is 10.1. The van der Waals surface area contributed by atoms with Gasteiger partial charge in [0.2, 0.25) is 0 Å². The summed E-state index contributed by atoms with van der Waals surface area (Å²) in [5.74, 6) is -0.183. The molecule has 2 aromatic heterocycles. The van der Waals surface area contributed by atoms with Crippen LogP contribution in [0.25, 0.3) is 10.9 Å². The van der Waals surface area contributed by atoms with Crippen LogP contribution < -0.4 is 10.5 Å². The number of aryl methyl sites for hydroxylation is 1. The zero-order chi connectivity index (χ0) is 19.8. The molecule has 2 aliphatic rings. The zero-order valence-electron chi connectivity index (χ0n) is 16.4. The lowest BCUT2D eigenvalue weighted by molar-refractivity contribution is 0.167. The number of hydrogen-bond acceptors (Lipinski definition) is 4. The molecule has 6 heteroatoms. The van der Waals surface area contributed by atoms with Gasteiger partial charge in [-0.3, -0.25) is 14.7 Å². The van der Waals surface area contributed by atoms with Crippen molar-refractivity contribution in [3.8, 4) is 0 Å². The molecule has 1 aromatic carbocycles. The molecule has 29 heavy (non-hydrogen) atoms. The molecule has 2 aliphatic heterocycles. The number of nitrogens with zero attached hydrogens (tertiary/aromatic N) is 3. The zero-order valence-corrected chi connectivity index (χ0v) is 16.4. The first-order valence-electron chi connectivity index (χ1n) is 10.4. The van der Waals surface area contributed by atoms with E-state index < -0.39 is 0 Å². The molecule has 2 saturated heterocycles. The van der Waals surface area contributed by atoms with Crippen molar-refractivity contribution in [3.63, 3.8) is 0 Å². The van der Waals surface area contributed by atoms with Crippen LogP contribution in [-0.4, -0.2) is 46.6 Å². The number of benzene rings is 1. The number of piperazine rings is 1. The number of aromatic nitrogens is 2. The van der Waals surface area contributed by atoms with E-state index in [2.05, 4.69) is 19.8 Å². The van der Waals surface area contributed by atoms with Gasteiger partial charge in [-0.2, -0.15) is 0 Å². The van der Waals surface area contributed by atoms with Crippen LogP contribution in [0, 0.1) is 5.82 Å². The van der Waals surface area contributed by atoms with Crippen molar-refractivity contribution in [1.29, 1.82) is 0 Å². The van der Waals surface area contributed by atoms with Crippen LogP contribution in [0.4, 0.5) is 10.1 Å². The van der Waals surface area contributed by atoms with Crippen molar-refractivity contribution in [2.24, 2.45) is 0 Å². The van der Waals surface area contributed by atoms with Crippen LogP contribution in [0.5, 0.6) is 0 Å². The Balaban J connectivity index is 1.21. The molecule has 0 amide bonds. The van der Waals surface area contributed by atoms with E-state index in [1.807, 2.05) is 24.3 Å². The molecule has 5 rings (SSSR count). The molecular formula is C23H25FN4O. The summed E-state index contributed by atoms with van der Waals surface area (Å²) >= 11 is 0. The number of anilines is 1. The number of nitrogens with one attached hydrogen (secondary N) is 1. The predicted octanol–water partition coefficient (Wildman–Crippen LogP) is 3.35. The third-order valence-corrected chi connectivity index (χ3v) is 6.36. The van der Waals surface area contributed by atoms with Gasteiger partial charge in [-0.05, 0) is 74.7 Å². The molecule has 2 atom stereocenters. The van der Waals surface area contributed by atoms with E-state index >= 15 is 0 Å². The molecule has 0 saturated carbocycles. The fourth-order valence-electron chi connectivity index (χ4n) is 4.94. The summed E-state index contributed by atoms with van der Waals surface area (Å²) < 4.78 is 13.2. The summed E-state index contributed by atoms with van der Waals surface area (Å²) in [6.07, 6.45) is 6.03. The third kappa shape index (κ3) is 3.65. The van der Waals surface area contributed by atoms with Gasteiger partial charge in [0, 0.05) is 42.8 Å². The van der Waals surface area contributed by atoms with Gasteiger partial charge in [0.15, 0.2) is 0 Å². The smallest absolute Gasteiger partial charge is 0.257 e. The lowest BCUT2D eigenvalue weighted by Gasteiger charge is -2.42. The number of H-pyrrole nitrogens is 1. The second kappa shape index (κ2) is 7.59. The van der Waals surface area contributed by atoms with Crippen LogP contribution in [0.3, 0.4) is 0 Å². The SMILES string of the molecule is O=c1[nH]c(CCCN2C3CCC2CN(c2ccc(F)cc2)C3)cc2ncccc12. The van der Waals surface area contributed by atoms with Gasteiger partial charge < -0.3 is 9.88 Å². The number of pyridine rings is 2. The van der Waals surface area contributed by atoms with Gasteiger partial charge in [-0.15, -0.1) is 0 Å². The summed E-state index contributed by atoms with van der Waals surface area (Å²) in [6, 6.07) is 13.6. The molecule has 150 valence electrons. The first-order chi connectivity index (χ1) is 14.2. The van der Waals surface area contributed by atoms with Crippen LogP contribution >= 0.6 is 0 Å². The minimum Gasteiger partial charge on any atom is -0.368 e. The largest absolute Gasteiger partial charge is 0.368 e. The summed E-state index contributed by atoms with van der Waals surface area (Å²) in [4.78, 5) is 24.6. The molecule has 0 radical (unpaired) electrons. The molecule has 4 heterocycles. The van der Waals surface area contributed by atoms with Crippen molar-refractivity contribution in [3.05, 3.63) is 70.5 Å². The first-order valence-corrected chi connectivity index (χ1v) is 10.4. The summed E-state index contributed by atoms with van der Waals surface area (Å²) in [7, 11) is 0. The molecule has 2 fully saturated rings. The Morgan fingerprint density at radius 3 is 2.62 bits per heavy atom. The lowest BCUT2D eigenvalue weighted by Crippen LogP contribution is -2.54. The van der Waals surface area contributed by atoms with Crippen molar-refractivity contribution in [1.82, 2.24) is 14.9 Å². The molecule has 2 bridgehead atoms. The number of rotatable bonds is 5. The highest BCUT2D eigenvalue weighted by atomic mass is 19.1. The Morgan fingerprint density at radius 1 is 1.10 bits per heavy atom. The maximum Gasteiger partial charge on any atom is 0.257 e. The third-order valence-electron chi connectivity index (χ3n) is 6.36. The van der Waals surface area contributed by atoms with Gasteiger partial charge in [0.1, 0.15) is 5.82 Å². The average molecular weight is 392 g/mol. The molecule has 1 N–H and O–H groups in total. The number of hydrogen-bond donors (Lipinski definition) is 1. The maximum atomic E-state index is 13.2. The van der Waals surface area contributed by atoms with E-state index in [1.165, 1.54) is 12.8 Å². The van der Waals surface area contributed by atoms with Crippen LogP contribution in [-0.2, 0) is 6.42 Å². The van der Waals surface area contributed by atoms with E-state index in [1.54, 1.807) is 24.4 Å². The molecule has 0 spiro atoms. The number of halogens is 1. The minimum absolute atomic E-state index is 0.0569. The Labute approximate surface area is 169 Å². The number of aromatic amines is 1. The Morgan fingerprint density at radius 2 is 1.86 bits per heavy atom. The standard InChI is InChI=1S/C23H25FN4O/c24-16-5-7-18(8-6-16)27-14-19-9-10-20(15-27)28(19)12-2-3-17-13-22-21(23(29)26-17)4-1-11-25-22/h1,4-8,11,13,19-20H,2-3,9-10,12,14-15H2,(H,26,29). The minimum atomic E-state index is -0.183. The second-order valence-electron chi connectivity index (χ2n) is 8.17. The summed E-state index contributed by atoms with van der Waals surface area (Å²) in [5, 5.41) is 0.645. The van der Waals surface area contributed by atoms with Crippen molar-refractivity contribution < 1.29 is 4.39 Å². The molecule has 3 aromatic rings. The fourth-order valence-corrected chi connectivity index (χ4v) is 4.94. The van der Waals surface area contributed by atoms with E-state index in [4.69, 9.17) is 0 Å². The van der Waals surface area contributed by atoms with Crippen molar-refractivity contribution in [2.75, 3.05) is 24.5 Å². The Kier molecular flexibility index (Phi) is 4.79. The highest BCUT2D eigenvalue weighted by Crippen LogP contribution is 2.32. The van der Waals surface area contributed by atoms with Crippen LogP contribution in [0.2, 0.25) is 0 Å². The van der Waals surface area contributed by atoms with Gasteiger partial charge in [0.05, 0.1) is 10.9 Å². The molecule has 5 nitrogen and oxygen atoms in total. The topological polar surface area (TPSA) is 52.2 Å². The quantitative estimate of drug-likeness (QED) is 0.724. The van der Waals surface area contributed by atoms with Crippen molar-refractivity contribution >= 4 is 16.6 Å². The fraction of sp³-hybridized carbons (Fsp3) is 0.391. The average Bonchev–Trinajstić information content (AvgIpc) is 2.96. The first kappa shape index (κ1) is 18.3. The van der Waals surface area contributed by atoms with E-state index in [0.29, 0.717) is 17.5 Å². The van der Waals surface area contributed by atoms with E-state index in [0.717, 1.165) is 49.4 Å².